The molecule has 0 amide bonds. The zero-order chi connectivity index (χ0) is 16.5. The third kappa shape index (κ3) is 3.10. The lowest BCUT2D eigenvalue weighted by atomic mass is 9.99. The molecule has 0 saturated carbocycles. The van der Waals surface area contributed by atoms with Gasteiger partial charge in [0.05, 0.1) is 19.3 Å². The molecule has 130 valence electrons. The van der Waals surface area contributed by atoms with Crippen molar-refractivity contribution in [2.45, 2.75) is 13.1 Å². The quantitative estimate of drug-likeness (QED) is 0.778. The fraction of sp³-hybridized carbons (Fsp3) is 0.222. The predicted octanol–water partition coefficient (Wildman–Crippen LogP) is 3.28. The van der Waals surface area contributed by atoms with Crippen molar-refractivity contribution in [2.75, 3.05) is 13.7 Å². The summed E-state index contributed by atoms with van der Waals surface area (Å²) in [6.45, 7) is 2.34. The van der Waals surface area contributed by atoms with Crippen LogP contribution in [-0.2, 0) is 13.1 Å². The number of pyridine rings is 1. The topological polar surface area (TPSA) is 52.0 Å². The third-order valence-electron chi connectivity index (χ3n) is 4.25. The van der Waals surface area contributed by atoms with Gasteiger partial charge in [-0.2, -0.15) is 5.10 Å². The molecular formula is C18H18ClFN4O. The Labute approximate surface area is 151 Å². The lowest BCUT2D eigenvalue weighted by molar-refractivity contribution is 0.411. The van der Waals surface area contributed by atoms with E-state index < -0.39 is 0 Å². The van der Waals surface area contributed by atoms with Crippen LogP contribution in [0.25, 0.3) is 22.4 Å². The van der Waals surface area contributed by atoms with Crippen LogP contribution in [0.3, 0.4) is 0 Å². The normalized spacial score (nSPS) is 13.0. The lowest BCUT2D eigenvalue weighted by Crippen LogP contribution is -2.28. The summed E-state index contributed by atoms with van der Waals surface area (Å²) in [5.74, 6) is 0.153. The number of hydrogen-bond donors (Lipinski definition) is 1. The van der Waals surface area contributed by atoms with E-state index >= 15 is 0 Å². The summed E-state index contributed by atoms with van der Waals surface area (Å²) in [7, 11) is 1.53. The number of ether oxygens (including phenoxy) is 1. The number of nitrogens with zero attached hydrogens (tertiary/aromatic N) is 3. The van der Waals surface area contributed by atoms with Crippen molar-refractivity contribution in [2.24, 2.45) is 0 Å². The zero-order valence-corrected chi connectivity index (χ0v) is 14.5. The van der Waals surface area contributed by atoms with Crippen LogP contribution in [0.4, 0.5) is 4.39 Å². The molecule has 2 aromatic heterocycles. The van der Waals surface area contributed by atoms with E-state index in [4.69, 9.17) is 4.74 Å². The van der Waals surface area contributed by atoms with Crippen LogP contribution in [0.2, 0.25) is 0 Å². The van der Waals surface area contributed by atoms with Crippen LogP contribution >= 0.6 is 12.4 Å². The van der Waals surface area contributed by atoms with Gasteiger partial charge in [0.1, 0.15) is 17.3 Å². The fourth-order valence-corrected chi connectivity index (χ4v) is 3.08. The minimum absolute atomic E-state index is 0. The van der Waals surface area contributed by atoms with Gasteiger partial charge in [-0.25, -0.2) is 4.39 Å². The summed E-state index contributed by atoms with van der Waals surface area (Å²) < 4.78 is 21.7. The maximum atomic E-state index is 14.6. The van der Waals surface area contributed by atoms with Crippen LogP contribution in [0.15, 0.2) is 42.7 Å². The van der Waals surface area contributed by atoms with Gasteiger partial charge in [0.25, 0.3) is 0 Å². The summed E-state index contributed by atoms with van der Waals surface area (Å²) in [5.41, 5.74) is 4.14. The van der Waals surface area contributed by atoms with E-state index in [2.05, 4.69) is 15.4 Å². The molecule has 0 atom stereocenters. The molecular weight excluding hydrogens is 343 g/mol. The molecule has 0 aliphatic carbocycles. The molecule has 1 aliphatic rings. The highest BCUT2D eigenvalue weighted by molar-refractivity contribution is 5.85. The predicted molar refractivity (Wildman–Crippen MR) is 96.4 cm³/mol. The number of hydrogen-bond acceptors (Lipinski definition) is 4. The summed E-state index contributed by atoms with van der Waals surface area (Å²) in [5, 5.41) is 8.05. The van der Waals surface area contributed by atoms with Crippen molar-refractivity contribution in [1.82, 2.24) is 20.1 Å². The Morgan fingerprint density at radius 3 is 2.72 bits per heavy atom. The van der Waals surface area contributed by atoms with Gasteiger partial charge >= 0.3 is 0 Å². The van der Waals surface area contributed by atoms with Crippen molar-refractivity contribution < 1.29 is 9.13 Å². The second-order valence-corrected chi connectivity index (χ2v) is 5.65. The van der Waals surface area contributed by atoms with Crippen LogP contribution < -0.4 is 10.1 Å². The van der Waals surface area contributed by atoms with E-state index in [-0.39, 0.29) is 18.2 Å². The largest absolute Gasteiger partial charge is 0.497 e. The molecule has 1 N–H and O–H groups in total. The Balaban J connectivity index is 0.00000182. The van der Waals surface area contributed by atoms with Crippen molar-refractivity contribution in [3.63, 3.8) is 0 Å². The first-order chi connectivity index (χ1) is 11.8. The molecule has 0 spiro atoms. The summed E-state index contributed by atoms with van der Waals surface area (Å²) in [4.78, 5) is 4.08. The first kappa shape index (κ1) is 17.4. The van der Waals surface area contributed by atoms with E-state index in [1.54, 1.807) is 24.5 Å². The number of halogens is 2. The van der Waals surface area contributed by atoms with Gasteiger partial charge in [-0.3, -0.25) is 9.67 Å². The first-order valence-electron chi connectivity index (χ1n) is 7.82. The monoisotopic (exact) mass is 360 g/mol. The van der Waals surface area contributed by atoms with Crippen molar-refractivity contribution >= 4 is 12.4 Å². The van der Waals surface area contributed by atoms with E-state index in [0.29, 0.717) is 23.6 Å². The Kier molecular flexibility index (Phi) is 5.01. The highest BCUT2D eigenvalue weighted by atomic mass is 35.5. The SMILES string of the molecule is COc1ccc(-c2nn3c(c2-c2ccncc2)CNCC3)c(F)c1.Cl. The first-order valence-corrected chi connectivity index (χ1v) is 7.82. The number of methoxy groups -OCH3 is 1. The second kappa shape index (κ2) is 7.21. The Morgan fingerprint density at radius 2 is 2.00 bits per heavy atom. The maximum Gasteiger partial charge on any atom is 0.136 e. The highest BCUT2D eigenvalue weighted by Crippen LogP contribution is 2.37. The molecule has 4 rings (SSSR count). The van der Waals surface area contributed by atoms with E-state index in [0.717, 1.165) is 29.9 Å². The average Bonchev–Trinajstić information content (AvgIpc) is 3.01. The summed E-state index contributed by atoms with van der Waals surface area (Å²) in [6, 6.07) is 8.73. The maximum absolute atomic E-state index is 14.6. The zero-order valence-electron chi connectivity index (χ0n) is 13.7. The number of aromatic nitrogens is 3. The van der Waals surface area contributed by atoms with Gasteiger partial charge in [0, 0.05) is 42.7 Å². The van der Waals surface area contributed by atoms with Gasteiger partial charge in [0.15, 0.2) is 0 Å². The fourth-order valence-electron chi connectivity index (χ4n) is 3.08. The minimum Gasteiger partial charge on any atom is -0.497 e. The van der Waals surface area contributed by atoms with Crippen molar-refractivity contribution in [3.8, 4) is 28.1 Å². The van der Waals surface area contributed by atoms with E-state index in [1.807, 2.05) is 16.8 Å². The van der Waals surface area contributed by atoms with E-state index in [1.165, 1.54) is 13.2 Å². The standard InChI is InChI=1S/C18H17FN4O.ClH/c1-24-13-2-3-14(15(19)10-13)18-17(12-4-6-20-7-5-12)16-11-21-8-9-23(16)22-18;/h2-7,10,21H,8-9,11H2,1H3;1H. The molecule has 7 heteroatoms. The molecule has 0 bridgehead atoms. The average molecular weight is 361 g/mol. The number of benzene rings is 1. The number of nitrogens with one attached hydrogen (secondary N) is 1. The lowest BCUT2D eigenvalue weighted by Gasteiger charge is -2.16. The number of rotatable bonds is 3. The molecule has 0 saturated heterocycles. The summed E-state index contributed by atoms with van der Waals surface area (Å²) in [6.07, 6.45) is 3.48. The Morgan fingerprint density at radius 1 is 1.20 bits per heavy atom. The molecule has 1 aliphatic heterocycles. The molecule has 3 heterocycles. The van der Waals surface area contributed by atoms with Gasteiger partial charge in [0.2, 0.25) is 0 Å². The molecule has 25 heavy (non-hydrogen) atoms. The highest BCUT2D eigenvalue weighted by Gasteiger charge is 2.24. The van der Waals surface area contributed by atoms with Crippen molar-refractivity contribution in [1.29, 1.82) is 0 Å². The molecule has 0 fully saturated rings. The summed E-state index contributed by atoms with van der Waals surface area (Å²) >= 11 is 0. The van der Waals surface area contributed by atoms with Gasteiger partial charge in [-0.05, 0) is 29.8 Å². The van der Waals surface area contributed by atoms with Gasteiger partial charge < -0.3 is 10.1 Å². The van der Waals surface area contributed by atoms with E-state index in [9.17, 15) is 4.39 Å². The Bertz CT molecular complexity index is 882. The van der Waals surface area contributed by atoms with Crippen LogP contribution in [-0.4, -0.2) is 28.4 Å². The van der Waals surface area contributed by atoms with Gasteiger partial charge in [-0.1, -0.05) is 0 Å². The third-order valence-corrected chi connectivity index (χ3v) is 4.25. The molecule has 1 aromatic carbocycles. The second-order valence-electron chi connectivity index (χ2n) is 5.65. The number of fused-ring (bicyclic) bond motifs is 1. The van der Waals surface area contributed by atoms with Crippen LogP contribution in [0.5, 0.6) is 5.75 Å². The molecule has 3 aromatic rings. The molecule has 5 nitrogen and oxygen atoms in total. The molecule has 0 unspecified atom stereocenters. The smallest absolute Gasteiger partial charge is 0.136 e. The van der Waals surface area contributed by atoms with Crippen molar-refractivity contribution in [3.05, 3.63) is 54.2 Å². The van der Waals surface area contributed by atoms with Gasteiger partial charge in [-0.15, -0.1) is 12.4 Å². The van der Waals surface area contributed by atoms with Crippen LogP contribution in [0, 0.1) is 5.82 Å². The molecule has 0 radical (unpaired) electrons. The minimum atomic E-state index is -0.340. The van der Waals surface area contributed by atoms with Crippen LogP contribution in [0.1, 0.15) is 5.69 Å². The Hall–Kier alpha value is -2.44.